The van der Waals surface area contributed by atoms with Crippen LogP contribution in [0.2, 0.25) is 0 Å². The smallest absolute Gasteiger partial charge is 0.0240 e. The summed E-state index contributed by atoms with van der Waals surface area (Å²) < 4.78 is 0. The summed E-state index contributed by atoms with van der Waals surface area (Å²) in [7, 11) is 1.06. The monoisotopic (exact) mass is 187 g/mol. The normalized spacial score (nSPS) is 9.85. The summed E-state index contributed by atoms with van der Waals surface area (Å²) in [6.45, 7) is 0. The topological polar surface area (TPSA) is 25.8 Å². The third-order valence-corrected chi connectivity index (χ3v) is 2.51. The lowest BCUT2D eigenvalue weighted by atomic mass is 10.5. The minimum atomic E-state index is 1.03. The summed E-state index contributed by atoms with van der Waals surface area (Å²) in [6.07, 6.45) is 3.59. The second kappa shape index (κ2) is 4.11. The predicted octanol–water partition coefficient (Wildman–Crippen LogP) is 1.37. The zero-order valence-electron chi connectivity index (χ0n) is 6.96. The van der Waals surface area contributed by atoms with Gasteiger partial charge in [-0.15, -0.1) is 10.9 Å². The minimum Gasteiger partial charge on any atom is -0.430 e. The maximum Gasteiger partial charge on any atom is 0.0240 e. The first kappa shape index (κ1) is 8.33. The molecule has 0 aliphatic heterocycles. The molecule has 0 amide bonds. The molecule has 13 heavy (non-hydrogen) atoms. The Morgan fingerprint density at radius 1 is 0.769 bits per heavy atom. The second-order valence-electron chi connectivity index (χ2n) is 2.49. The summed E-state index contributed by atoms with van der Waals surface area (Å²) in [5.74, 6) is 0. The van der Waals surface area contributed by atoms with E-state index in [1.807, 2.05) is 36.4 Å². The Hall–Kier alpha value is -1.27. The summed E-state index contributed by atoms with van der Waals surface area (Å²) in [5, 5.41) is 0. The van der Waals surface area contributed by atoms with Gasteiger partial charge < -0.3 is 8.58 Å². The average Bonchev–Trinajstić information content (AvgIpc) is 2.21. The zero-order valence-corrected chi connectivity index (χ0v) is 7.85. The molecule has 0 N–H and O–H groups in total. The van der Waals surface area contributed by atoms with E-state index in [0.717, 1.165) is 19.5 Å². The molecule has 0 saturated heterocycles. The molecular formula is C10H8N2P-. The SMILES string of the molecule is c1ccc([P-]c2ccccn2)nc1. The Kier molecular flexibility index (Phi) is 2.63. The molecule has 0 bridgehead atoms. The number of aromatic nitrogens is 2. The van der Waals surface area contributed by atoms with Crippen molar-refractivity contribution in [2.45, 2.75) is 0 Å². The predicted molar refractivity (Wildman–Crippen MR) is 54.7 cm³/mol. The Bertz CT molecular complexity index is 324. The van der Waals surface area contributed by atoms with Crippen LogP contribution in [0.1, 0.15) is 0 Å². The van der Waals surface area contributed by atoms with Crippen LogP contribution in [-0.2, 0) is 0 Å². The van der Waals surface area contributed by atoms with E-state index in [4.69, 9.17) is 0 Å². The molecule has 0 aliphatic rings. The average molecular weight is 187 g/mol. The Morgan fingerprint density at radius 3 is 1.69 bits per heavy atom. The highest BCUT2D eigenvalue weighted by molar-refractivity contribution is 7.54. The third kappa shape index (κ3) is 2.33. The zero-order chi connectivity index (χ0) is 8.93. The minimum absolute atomic E-state index is 1.03. The van der Waals surface area contributed by atoms with Crippen molar-refractivity contribution < 1.29 is 0 Å². The first-order valence-corrected chi connectivity index (χ1v) is 4.88. The van der Waals surface area contributed by atoms with Gasteiger partial charge in [0.25, 0.3) is 0 Å². The van der Waals surface area contributed by atoms with Crippen LogP contribution in [0.4, 0.5) is 0 Å². The fraction of sp³-hybridized carbons (Fsp3) is 0. The van der Waals surface area contributed by atoms with E-state index in [1.54, 1.807) is 12.4 Å². The van der Waals surface area contributed by atoms with Crippen molar-refractivity contribution in [3.8, 4) is 0 Å². The van der Waals surface area contributed by atoms with Crippen LogP contribution in [0.15, 0.2) is 48.8 Å². The van der Waals surface area contributed by atoms with E-state index in [2.05, 4.69) is 9.97 Å². The molecule has 2 rings (SSSR count). The molecule has 0 atom stereocenters. The van der Waals surface area contributed by atoms with Gasteiger partial charge >= 0.3 is 0 Å². The molecule has 2 aromatic rings. The van der Waals surface area contributed by atoms with Crippen molar-refractivity contribution in [3.05, 3.63) is 48.8 Å². The van der Waals surface area contributed by atoms with Gasteiger partial charge in [-0.3, -0.25) is 9.97 Å². The molecule has 0 fully saturated rings. The molecule has 0 saturated carbocycles. The van der Waals surface area contributed by atoms with Gasteiger partial charge in [0.05, 0.1) is 0 Å². The molecule has 0 aromatic carbocycles. The maximum atomic E-state index is 4.22. The number of pyridine rings is 2. The lowest BCUT2D eigenvalue weighted by Gasteiger charge is -2.15. The van der Waals surface area contributed by atoms with Gasteiger partial charge in [-0.05, 0) is 12.1 Å². The highest BCUT2D eigenvalue weighted by atomic mass is 31.1. The quantitative estimate of drug-likeness (QED) is 0.663. The van der Waals surface area contributed by atoms with Crippen LogP contribution in [0.5, 0.6) is 0 Å². The molecule has 0 radical (unpaired) electrons. The van der Waals surface area contributed by atoms with Crippen molar-refractivity contribution in [2.24, 2.45) is 0 Å². The highest BCUT2D eigenvalue weighted by Crippen LogP contribution is 2.04. The van der Waals surface area contributed by atoms with Crippen molar-refractivity contribution in [3.63, 3.8) is 0 Å². The molecule has 2 aromatic heterocycles. The van der Waals surface area contributed by atoms with Crippen molar-refractivity contribution in [2.75, 3.05) is 0 Å². The van der Waals surface area contributed by atoms with Gasteiger partial charge in [-0.2, -0.15) is 0 Å². The third-order valence-electron chi connectivity index (χ3n) is 1.53. The van der Waals surface area contributed by atoms with Crippen molar-refractivity contribution >= 4 is 19.5 Å². The van der Waals surface area contributed by atoms with E-state index < -0.39 is 0 Å². The molecule has 0 spiro atoms. The van der Waals surface area contributed by atoms with Crippen LogP contribution in [0.3, 0.4) is 0 Å². The lowest BCUT2D eigenvalue weighted by Crippen LogP contribution is -2.08. The number of hydrogen-bond donors (Lipinski definition) is 0. The Balaban J connectivity index is 2.16. The molecule has 2 nitrogen and oxygen atoms in total. The Morgan fingerprint density at radius 2 is 1.31 bits per heavy atom. The van der Waals surface area contributed by atoms with Gasteiger partial charge in [-0.25, -0.2) is 0 Å². The van der Waals surface area contributed by atoms with Crippen molar-refractivity contribution in [1.29, 1.82) is 0 Å². The van der Waals surface area contributed by atoms with Gasteiger partial charge in [-0.1, -0.05) is 24.3 Å². The fourth-order valence-electron chi connectivity index (χ4n) is 0.957. The molecule has 3 heteroatoms. The van der Waals surface area contributed by atoms with Crippen LogP contribution in [0, 0.1) is 0 Å². The van der Waals surface area contributed by atoms with E-state index in [9.17, 15) is 0 Å². The van der Waals surface area contributed by atoms with E-state index >= 15 is 0 Å². The maximum absolute atomic E-state index is 4.22. The van der Waals surface area contributed by atoms with E-state index in [-0.39, 0.29) is 0 Å². The van der Waals surface area contributed by atoms with Crippen LogP contribution in [-0.4, -0.2) is 9.97 Å². The number of rotatable bonds is 2. The Labute approximate surface area is 78.8 Å². The number of hydrogen-bond acceptors (Lipinski definition) is 2. The van der Waals surface area contributed by atoms with Crippen LogP contribution >= 0.6 is 8.58 Å². The lowest BCUT2D eigenvalue weighted by molar-refractivity contribution is 1.38. The van der Waals surface area contributed by atoms with Crippen LogP contribution < -0.4 is 10.9 Å². The molecule has 0 aliphatic carbocycles. The molecular weight excluding hydrogens is 179 g/mol. The van der Waals surface area contributed by atoms with Gasteiger partial charge in [0.1, 0.15) is 0 Å². The highest BCUT2D eigenvalue weighted by Gasteiger charge is 1.79. The summed E-state index contributed by atoms with van der Waals surface area (Å²) >= 11 is 0. The largest absolute Gasteiger partial charge is 0.430 e. The molecule has 64 valence electrons. The van der Waals surface area contributed by atoms with Gasteiger partial charge in [0.2, 0.25) is 0 Å². The standard InChI is InChI=1S/C10H8N2P/c1-3-7-11-9(5-1)13-10-6-2-4-8-12-10/h1-8H/q-1. The first-order valence-electron chi connectivity index (χ1n) is 3.99. The summed E-state index contributed by atoms with van der Waals surface area (Å²) in [4.78, 5) is 8.44. The second-order valence-corrected chi connectivity index (χ2v) is 3.63. The summed E-state index contributed by atoms with van der Waals surface area (Å²) in [6, 6.07) is 11.8. The van der Waals surface area contributed by atoms with Gasteiger partial charge in [0, 0.05) is 12.4 Å². The fourth-order valence-corrected chi connectivity index (χ4v) is 1.76. The van der Waals surface area contributed by atoms with Crippen molar-refractivity contribution in [1.82, 2.24) is 9.97 Å². The molecule has 2 heterocycles. The van der Waals surface area contributed by atoms with Crippen LogP contribution in [0.25, 0.3) is 0 Å². The van der Waals surface area contributed by atoms with Gasteiger partial charge in [0.15, 0.2) is 0 Å². The molecule has 0 unspecified atom stereocenters. The first-order chi connectivity index (χ1) is 6.45. The van der Waals surface area contributed by atoms with E-state index in [0.29, 0.717) is 0 Å². The number of nitrogens with zero attached hydrogens (tertiary/aromatic N) is 2. The summed E-state index contributed by atoms with van der Waals surface area (Å²) in [5.41, 5.74) is 2.06. The van der Waals surface area contributed by atoms with E-state index in [1.165, 1.54) is 0 Å².